The monoisotopic (exact) mass is 598 g/mol. The van der Waals surface area contributed by atoms with Crippen molar-refractivity contribution in [3.63, 3.8) is 0 Å². The minimum Gasteiger partial charge on any atom is -0.370 e. The third kappa shape index (κ3) is 8.19. The molecular weight excluding hydrogens is 562 g/mol. The van der Waals surface area contributed by atoms with Gasteiger partial charge in [0.2, 0.25) is 5.96 Å². The molecule has 2 aliphatic carbocycles. The van der Waals surface area contributed by atoms with Crippen LogP contribution < -0.4 is 21.4 Å². The number of hydrazone groups is 1. The average molecular weight is 599 g/mol. The summed E-state index contributed by atoms with van der Waals surface area (Å²) >= 11 is 0. The summed E-state index contributed by atoms with van der Waals surface area (Å²) in [5, 5.41) is 15.1. The first-order chi connectivity index (χ1) is 19.8. The molecule has 2 aromatic rings. The molecule has 1 heterocycles. The van der Waals surface area contributed by atoms with Crippen LogP contribution in [0.25, 0.3) is 0 Å². The summed E-state index contributed by atoms with van der Waals surface area (Å²) in [5.74, 6) is 2.11. The molecule has 5 N–H and O–H groups in total. The molecule has 0 radical (unpaired) electrons. The van der Waals surface area contributed by atoms with Crippen molar-refractivity contribution in [1.82, 2.24) is 15.3 Å². The smallest absolute Gasteiger partial charge is 0.370 e. The topological polar surface area (TPSA) is 106 Å². The van der Waals surface area contributed by atoms with E-state index >= 15 is 0 Å². The van der Waals surface area contributed by atoms with Crippen LogP contribution in [0.3, 0.4) is 0 Å². The molecular formula is C28H36F6N8. The van der Waals surface area contributed by atoms with Crippen LogP contribution in [-0.4, -0.2) is 48.7 Å². The minimum atomic E-state index is -4.98. The van der Waals surface area contributed by atoms with Gasteiger partial charge in [-0.15, -0.1) is 5.10 Å². The molecule has 0 aliphatic heterocycles. The van der Waals surface area contributed by atoms with Gasteiger partial charge in [0.15, 0.2) is 0 Å². The number of guanidine groups is 1. The maximum atomic E-state index is 13.6. The Bertz CT molecular complexity index is 1240. The first-order valence-electron chi connectivity index (χ1n) is 13.9. The number of halogens is 6. The second-order valence-corrected chi connectivity index (χ2v) is 10.8. The van der Waals surface area contributed by atoms with Gasteiger partial charge in [-0.2, -0.15) is 26.3 Å². The Hall–Kier alpha value is -3.71. The molecule has 0 spiro atoms. The highest BCUT2D eigenvalue weighted by atomic mass is 19.4. The highest BCUT2D eigenvalue weighted by Gasteiger charge is 2.37. The lowest BCUT2D eigenvalue weighted by atomic mass is 10.0. The summed E-state index contributed by atoms with van der Waals surface area (Å²) in [6.45, 7) is 3.65. The van der Waals surface area contributed by atoms with Crippen LogP contribution in [0.1, 0.15) is 60.4 Å². The fraction of sp³-hybridized carbons (Fsp3) is 0.536. The van der Waals surface area contributed by atoms with Gasteiger partial charge in [0.1, 0.15) is 11.6 Å². The van der Waals surface area contributed by atoms with Gasteiger partial charge in [-0.3, -0.25) is 0 Å². The van der Waals surface area contributed by atoms with Gasteiger partial charge in [-0.05, 0) is 74.3 Å². The number of anilines is 2. The normalized spacial score (nSPS) is 15.9. The first kappa shape index (κ1) is 31.2. The van der Waals surface area contributed by atoms with Crippen molar-refractivity contribution < 1.29 is 26.3 Å². The molecule has 0 atom stereocenters. The number of nitrogens with two attached hydrogens (primary N) is 1. The van der Waals surface area contributed by atoms with Crippen LogP contribution in [0.5, 0.6) is 0 Å². The molecule has 8 nitrogen and oxygen atoms in total. The van der Waals surface area contributed by atoms with Gasteiger partial charge >= 0.3 is 12.4 Å². The number of benzene rings is 1. The Balaban J connectivity index is 1.78. The van der Waals surface area contributed by atoms with E-state index < -0.39 is 23.5 Å². The number of rotatable bonds is 13. The van der Waals surface area contributed by atoms with Crippen molar-refractivity contribution in [2.45, 2.75) is 58.0 Å². The highest BCUT2D eigenvalue weighted by Crippen LogP contribution is 2.39. The lowest BCUT2D eigenvalue weighted by Crippen LogP contribution is -2.39. The molecule has 230 valence electrons. The van der Waals surface area contributed by atoms with E-state index in [1.165, 1.54) is 11.9 Å². The van der Waals surface area contributed by atoms with E-state index in [-0.39, 0.29) is 30.7 Å². The largest absolute Gasteiger partial charge is 0.416 e. The molecule has 0 bridgehead atoms. The molecule has 0 unspecified atom stereocenters. The van der Waals surface area contributed by atoms with E-state index in [1.54, 1.807) is 6.07 Å². The van der Waals surface area contributed by atoms with Crippen LogP contribution in [0, 0.1) is 17.2 Å². The number of nitrogens with zero attached hydrogens (tertiary/aromatic N) is 4. The Kier molecular flexibility index (Phi) is 9.41. The minimum absolute atomic E-state index is 0.0178. The van der Waals surface area contributed by atoms with Gasteiger partial charge in [-0.25, -0.2) is 4.98 Å². The molecule has 1 aromatic carbocycles. The van der Waals surface area contributed by atoms with Crippen molar-refractivity contribution in [2.24, 2.45) is 22.7 Å². The summed E-state index contributed by atoms with van der Waals surface area (Å²) in [4.78, 5) is 8.52. The average Bonchev–Trinajstić information content (AvgIpc) is 3.85. The standard InChI is InChI=1S/C28H36F6N8/c1-3-38-24-20(12-35)10-21(25(39-24)41(13-17-4-5-17)14-18-6-7-18)16-42(26(36)40-37-2)15-19-8-22(27(29,30)31)11-23(9-19)28(32,33)34/h8-12,17-18,35,37H,3-7,13-16H2,1-2H3,(H2,36,40)(H,38,39). The summed E-state index contributed by atoms with van der Waals surface area (Å²) in [5.41, 5.74) is 6.83. The number of pyridine rings is 1. The Morgan fingerprint density at radius 3 is 2.02 bits per heavy atom. The number of aromatic nitrogens is 1. The summed E-state index contributed by atoms with van der Waals surface area (Å²) in [7, 11) is 1.48. The van der Waals surface area contributed by atoms with E-state index in [4.69, 9.17) is 16.1 Å². The van der Waals surface area contributed by atoms with Gasteiger partial charge in [-0.1, -0.05) is 0 Å². The third-order valence-corrected chi connectivity index (χ3v) is 7.19. The maximum Gasteiger partial charge on any atom is 0.416 e. The molecule has 2 aliphatic rings. The Morgan fingerprint density at radius 1 is 1.00 bits per heavy atom. The molecule has 14 heteroatoms. The number of alkyl halides is 6. The molecule has 0 amide bonds. The molecule has 2 saturated carbocycles. The van der Waals surface area contributed by atoms with Gasteiger partial charge in [0, 0.05) is 57.1 Å². The molecule has 0 saturated heterocycles. The van der Waals surface area contributed by atoms with Crippen molar-refractivity contribution >= 4 is 23.8 Å². The fourth-order valence-corrected chi connectivity index (χ4v) is 4.78. The lowest BCUT2D eigenvalue weighted by Gasteiger charge is -2.30. The predicted octanol–water partition coefficient (Wildman–Crippen LogP) is 5.63. The highest BCUT2D eigenvalue weighted by molar-refractivity contribution is 5.86. The first-order valence-corrected chi connectivity index (χ1v) is 13.9. The fourth-order valence-electron chi connectivity index (χ4n) is 4.78. The third-order valence-electron chi connectivity index (χ3n) is 7.19. The van der Waals surface area contributed by atoms with Crippen molar-refractivity contribution in [1.29, 1.82) is 5.41 Å². The van der Waals surface area contributed by atoms with E-state index in [0.29, 0.717) is 53.3 Å². The van der Waals surface area contributed by atoms with Crippen LogP contribution in [0.4, 0.5) is 38.0 Å². The van der Waals surface area contributed by atoms with Crippen LogP contribution >= 0.6 is 0 Å². The molecule has 1 aromatic heterocycles. The molecule has 2 fully saturated rings. The summed E-state index contributed by atoms with van der Waals surface area (Å²) in [6.07, 6.45) is -4.35. The predicted molar refractivity (Wildman–Crippen MR) is 150 cm³/mol. The number of hydrogen-bond donors (Lipinski definition) is 4. The second kappa shape index (κ2) is 12.7. The van der Waals surface area contributed by atoms with Crippen LogP contribution in [-0.2, 0) is 25.4 Å². The maximum absolute atomic E-state index is 13.6. The number of hydrogen-bond acceptors (Lipinski definition) is 6. The van der Waals surface area contributed by atoms with E-state index in [2.05, 4.69) is 20.7 Å². The SMILES string of the molecule is CCNc1nc(N(CC2CC2)CC2CC2)c(CN(Cc2cc(C(F)(F)F)cc(C(F)(F)F)c2)/C(N)=N/NC)cc1C=N. The Labute approximate surface area is 240 Å². The zero-order valence-corrected chi connectivity index (χ0v) is 23.5. The lowest BCUT2D eigenvalue weighted by molar-refractivity contribution is -0.143. The second-order valence-electron chi connectivity index (χ2n) is 10.8. The molecule has 4 rings (SSSR count). The van der Waals surface area contributed by atoms with E-state index in [9.17, 15) is 26.3 Å². The van der Waals surface area contributed by atoms with Gasteiger partial charge < -0.3 is 31.7 Å². The summed E-state index contributed by atoms with van der Waals surface area (Å²) in [6, 6.07) is 3.26. The summed E-state index contributed by atoms with van der Waals surface area (Å²) < 4.78 is 81.4. The van der Waals surface area contributed by atoms with Crippen LogP contribution in [0.15, 0.2) is 29.4 Å². The quantitative estimate of drug-likeness (QED) is 0.103. The van der Waals surface area contributed by atoms with E-state index in [1.807, 2.05) is 6.92 Å². The molecule has 42 heavy (non-hydrogen) atoms. The van der Waals surface area contributed by atoms with Gasteiger partial charge in [0.25, 0.3) is 0 Å². The van der Waals surface area contributed by atoms with Crippen molar-refractivity contribution in [3.8, 4) is 0 Å². The number of nitrogens with one attached hydrogen (secondary N) is 3. The Morgan fingerprint density at radius 2 is 1.57 bits per heavy atom. The zero-order valence-electron chi connectivity index (χ0n) is 23.5. The van der Waals surface area contributed by atoms with Crippen molar-refractivity contribution in [2.75, 3.05) is 36.9 Å². The van der Waals surface area contributed by atoms with Gasteiger partial charge in [0.05, 0.1) is 11.1 Å². The van der Waals surface area contributed by atoms with Crippen LogP contribution in [0.2, 0.25) is 0 Å². The van der Waals surface area contributed by atoms with E-state index in [0.717, 1.165) is 45.0 Å². The zero-order chi connectivity index (χ0) is 30.7. The van der Waals surface area contributed by atoms with Crippen molar-refractivity contribution in [3.05, 3.63) is 52.1 Å².